The van der Waals surface area contributed by atoms with Gasteiger partial charge in [-0.25, -0.2) is 10.1 Å². The van der Waals surface area contributed by atoms with Gasteiger partial charge in [0.1, 0.15) is 5.75 Å². The fourth-order valence-corrected chi connectivity index (χ4v) is 1.79. The molecule has 0 unspecified atom stereocenters. The molecule has 1 aromatic carbocycles. The van der Waals surface area contributed by atoms with Crippen LogP contribution in [0.25, 0.3) is 0 Å². The minimum Gasteiger partial charge on any atom is -0.232 e. The Labute approximate surface area is 80.7 Å². The zero-order valence-corrected chi connectivity index (χ0v) is 7.85. The highest BCUT2D eigenvalue weighted by Gasteiger charge is 2.20. The number of sulfonamides is 1. The highest BCUT2D eigenvalue weighted by atomic mass is 32.2. The molecule has 0 heterocycles. The number of hydrogen-bond acceptors (Lipinski definition) is 4. The fourth-order valence-electron chi connectivity index (χ4n) is 0.915. The van der Waals surface area contributed by atoms with E-state index in [1.165, 1.54) is 0 Å². The van der Waals surface area contributed by atoms with Gasteiger partial charge in [-0.1, -0.05) is 30.3 Å². The van der Waals surface area contributed by atoms with Gasteiger partial charge < -0.3 is 0 Å². The summed E-state index contributed by atoms with van der Waals surface area (Å²) in [6.07, 6.45) is 0. The Bertz CT molecular complexity index is 415. The summed E-state index contributed by atoms with van der Waals surface area (Å²) in [5, 5.41) is 8.65. The lowest BCUT2D eigenvalue weighted by Gasteiger charge is -1.97. The summed E-state index contributed by atoms with van der Waals surface area (Å²) in [7, 11) is -4.01. The maximum Gasteiger partial charge on any atom is 0.317 e. The highest BCUT2D eigenvalue weighted by molar-refractivity contribution is 7.88. The lowest BCUT2D eigenvalue weighted by molar-refractivity contribution is -0.523. The van der Waals surface area contributed by atoms with Gasteiger partial charge in [-0.15, -0.1) is 0 Å². The normalized spacial score (nSPS) is 10.9. The molecule has 0 spiro atoms. The summed E-state index contributed by atoms with van der Waals surface area (Å²) in [4.78, 5) is 12.3. The Morgan fingerprint density at radius 2 is 1.86 bits per heavy atom. The Hall–Kier alpha value is -1.63. The van der Waals surface area contributed by atoms with Crippen molar-refractivity contribution >= 4 is 10.0 Å². The van der Waals surface area contributed by atoms with Crippen molar-refractivity contribution in [1.29, 1.82) is 0 Å². The van der Waals surface area contributed by atoms with E-state index in [1.807, 2.05) is 0 Å². The molecule has 0 saturated carbocycles. The van der Waals surface area contributed by atoms with Crippen LogP contribution in [-0.2, 0) is 15.8 Å². The number of benzene rings is 1. The fraction of sp³-hybridized carbons (Fsp3) is 0.143. The summed E-state index contributed by atoms with van der Waals surface area (Å²) in [6.45, 7) is 0. The summed E-state index contributed by atoms with van der Waals surface area (Å²) in [5.41, 5.74) is 0.470. The number of hydrogen-bond donors (Lipinski definition) is 0. The van der Waals surface area contributed by atoms with Gasteiger partial charge in [-0.2, -0.15) is 8.42 Å². The van der Waals surface area contributed by atoms with Crippen molar-refractivity contribution in [1.82, 2.24) is 4.83 Å². The standard InChI is InChI=1S/C7H7N2O4S/c10-9(11)8-14(12,13)6-7-4-2-1-3-5-7/h1-5H,6H2. The monoisotopic (exact) mass is 215 g/mol. The molecule has 75 valence electrons. The highest BCUT2D eigenvalue weighted by Crippen LogP contribution is 2.04. The Morgan fingerprint density at radius 3 is 2.36 bits per heavy atom. The van der Waals surface area contributed by atoms with Crippen LogP contribution in [0.5, 0.6) is 0 Å². The summed E-state index contributed by atoms with van der Waals surface area (Å²) < 4.78 is 22.0. The van der Waals surface area contributed by atoms with E-state index in [-0.39, 0.29) is 0 Å². The summed E-state index contributed by atoms with van der Waals surface area (Å²) in [6, 6.07) is 8.15. The van der Waals surface area contributed by atoms with Crippen LogP contribution in [0, 0.1) is 10.1 Å². The van der Waals surface area contributed by atoms with Gasteiger partial charge in [0.2, 0.25) is 5.03 Å². The van der Waals surface area contributed by atoms with Crippen LogP contribution < -0.4 is 4.83 Å². The molecule has 0 aliphatic carbocycles. The quantitative estimate of drug-likeness (QED) is 0.533. The van der Waals surface area contributed by atoms with Crippen molar-refractivity contribution in [2.45, 2.75) is 5.75 Å². The van der Waals surface area contributed by atoms with E-state index in [1.54, 1.807) is 30.3 Å². The molecule has 1 rings (SSSR count). The Balaban J connectivity index is 2.74. The van der Waals surface area contributed by atoms with Gasteiger partial charge in [-0.05, 0) is 5.56 Å². The second-order valence-electron chi connectivity index (χ2n) is 2.53. The van der Waals surface area contributed by atoms with Crippen molar-refractivity contribution in [3.8, 4) is 0 Å². The van der Waals surface area contributed by atoms with Crippen molar-refractivity contribution in [2.24, 2.45) is 0 Å². The van der Waals surface area contributed by atoms with E-state index in [4.69, 9.17) is 0 Å². The van der Waals surface area contributed by atoms with Crippen molar-refractivity contribution in [2.75, 3.05) is 0 Å². The predicted molar refractivity (Wildman–Crippen MR) is 48.2 cm³/mol. The van der Waals surface area contributed by atoms with Crippen LogP contribution in [0.15, 0.2) is 30.3 Å². The van der Waals surface area contributed by atoms with E-state index in [0.29, 0.717) is 5.56 Å². The van der Waals surface area contributed by atoms with Gasteiger partial charge in [0.15, 0.2) is 4.83 Å². The van der Waals surface area contributed by atoms with Gasteiger partial charge in [0.25, 0.3) is 0 Å². The molecule has 1 radical (unpaired) electrons. The molecule has 0 N–H and O–H groups in total. The number of rotatable bonds is 4. The summed E-state index contributed by atoms with van der Waals surface area (Å²) in [5.74, 6) is -0.450. The lowest BCUT2D eigenvalue weighted by Crippen LogP contribution is -2.23. The van der Waals surface area contributed by atoms with Gasteiger partial charge >= 0.3 is 10.0 Å². The molecule has 7 heteroatoms. The molecular formula is C7H7N2O4S. The third-order valence-corrected chi connectivity index (χ3v) is 2.46. The maximum absolute atomic E-state index is 11.0. The number of nitro groups is 1. The first-order chi connectivity index (χ1) is 6.49. The molecule has 0 fully saturated rings. The molecule has 0 saturated heterocycles. The van der Waals surface area contributed by atoms with Gasteiger partial charge in [-0.3, -0.25) is 0 Å². The van der Waals surface area contributed by atoms with E-state index >= 15 is 0 Å². The number of nitrogens with zero attached hydrogens (tertiary/aromatic N) is 2. The zero-order valence-electron chi connectivity index (χ0n) is 7.03. The Morgan fingerprint density at radius 1 is 1.29 bits per heavy atom. The van der Waals surface area contributed by atoms with Gasteiger partial charge in [0.05, 0.1) is 0 Å². The predicted octanol–water partition coefficient (Wildman–Crippen LogP) is 0.312. The molecule has 14 heavy (non-hydrogen) atoms. The third-order valence-electron chi connectivity index (χ3n) is 1.38. The molecule has 0 amide bonds. The maximum atomic E-state index is 11.0. The van der Waals surface area contributed by atoms with Crippen LogP contribution in [0.2, 0.25) is 0 Å². The van der Waals surface area contributed by atoms with Gasteiger partial charge in [0, 0.05) is 0 Å². The van der Waals surface area contributed by atoms with E-state index in [0.717, 1.165) is 0 Å². The second kappa shape index (κ2) is 4.05. The van der Waals surface area contributed by atoms with Crippen LogP contribution in [0.3, 0.4) is 0 Å². The topological polar surface area (TPSA) is 91.4 Å². The molecule has 0 atom stereocenters. The largest absolute Gasteiger partial charge is 0.317 e. The molecule has 0 aromatic heterocycles. The van der Waals surface area contributed by atoms with Crippen LogP contribution in [0.1, 0.15) is 5.56 Å². The molecule has 0 aliphatic rings. The summed E-state index contributed by atoms with van der Waals surface area (Å²) >= 11 is 0. The zero-order chi connectivity index (χ0) is 10.6. The van der Waals surface area contributed by atoms with Crippen LogP contribution in [-0.4, -0.2) is 13.5 Å². The lowest BCUT2D eigenvalue weighted by atomic mass is 10.2. The van der Waals surface area contributed by atoms with Crippen LogP contribution >= 0.6 is 0 Å². The second-order valence-corrected chi connectivity index (χ2v) is 4.15. The molecule has 1 aromatic rings. The van der Waals surface area contributed by atoms with Crippen molar-refractivity contribution in [3.05, 3.63) is 46.0 Å². The van der Waals surface area contributed by atoms with Crippen molar-refractivity contribution < 1.29 is 13.5 Å². The van der Waals surface area contributed by atoms with E-state index in [9.17, 15) is 18.5 Å². The first-order valence-corrected chi connectivity index (χ1v) is 5.24. The SMILES string of the molecule is O=[N+]([O-])[N]S(=O)(=O)Cc1ccccc1. The first-order valence-electron chi connectivity index (χ1n) is 3.63. The molecular weight excluding hydrogens is 208 g/mol. The van der Waals surface area contributed by atoms with Crippen LogP contribution in [0.4, 0.5) is 0 Å². The van der Waals surface area contributed by atoms with E-state index < -0.39 is 20.8 Å². The average molecular weight is 215 g/mol. The smallest absolute Gasteiger partial charge is 0.232 e. The Kier molecular flexibility index (Phi) is 3.03. The third kappa shape index (κ3) is 3.40. The van der Waals surface area contributed by atoms with E-state index in [2.05, 4.69) is 4.83 Å². The molecule has 0 aliphatic heterocycles. The molecule has 0 bridgehead atoms. The minimum absolute atomic E-state index is 0.450. The van der Waals surface area contributed by atoms with Crippen molar-refractivity contribution in [3.63, 3.8) is 0 Å². The first kappa shape index (κ1) is 10.5. The molecule has 6 nitrogen and oxygen atoms in total. The average Bonchev–Trinajstić information content (AvgIpc) is 2.02. The minimum atomic E-state index is -4.01.